The van der Waals surface area contributed by atoms with Gasteiger partial charge in [0.1, 0.15) is 0 Å². The van der Waals surface area contributed by atoms with Gasteiger partial charge in [-0.1, -0.05) is 6.08 Å². The molecule has 0 aliphatic carbocycles. The summed E-state index contributed by atoms with van der Waals surface area (Å²) in [6, 6.07) is 0. The molecule has 9 heavy (non-hydrogen) atoms. The van der Waals surface area contributed by atoms with Crippen molar-refractivity contribution in [2.75, 3.05) is 6.54 Å². The van der Waals surface area contributed by atoms with Crippen LogP contribution in [0, 0.1) is 0 Å². The van der Waals surface area contributed by atoms with E-state index in [9.17, 15) is 4.79 Å². The Hall–Kier alpha value is -0.830. The standard InChI is InChI=1S/C6H12N2O/c1-5(6(8)9)3-2-4-7/h3H,2,4,7H2,1H3,(H2,8,9). The van der Waals surface area contributed by atoms with Crippen LogP contribution in [0.2, 0.25) is 0 Å². The first-order chi connectivity index (χ1) is 4.18. The summed E-state index contributed by atoms with van der Waals surface area (Å²) in [4.78, 5) is 10.3. The van der Waals surface area contributed by atoms with E-state index in [1.165, 1.54) is 0 Å². The van der Waals surface area contributed by atoms with Crippen molar-refractivity contribution < 1.29 is 4.79 Å². The van der Waals surface area contributed by atoms with Crippen molar-refractivity contribution in [1.82, 2.24) is 0 Å². The number of nitrogens with two attached hydrogens (primary N) is 2. The fourth-order valence-electron chi connectivity index (χ4n) is 0.400. The Kier molecular flexibility index (Phi) is 3.71. The van der Waals surface area contributed by atoms with Crippen LogP contribution in [0.3, 0.4) is 0 Å². The van der Waals surface area contributed by atoms with E-state index >= 15 is 0 Å². The first kappa shape index (κ1) is 8.17. The molecular formula is C6H12N2O. The molecule has 0 aliphatic rings. The zero-order chi connectivity index (χ0) is 7.28. The largest absolute Gasteiger partial charge is 0.366 e. The van der Waals surface area contributed by atoms with E-state index < -0.39 is 0 Å². The van der Waals surface area contributed by atoms with Crippen LogP contribution in [0.15, 0.2) is 11.6 Å². The summed E-state index contributed by atoms with van der Waals surface area (Å²) in [5.41, 5.74) is 10.7. The van der Waals surface area contributed by atoms with Gasteiger partial charge in [0.25, 0.3) is 0 Å². The van der Waals surface area contributed by atoms with Crippen LogP contribution >= 0.6 is 0 Å². The molecule has 1 amide bonds. The second-order valence-electron chi connectivity index (χ2n) is 1.83. The van der Waals surface area contributed by atoms with Gasteiger partial charge in [-0.05, 0) is 19.9 Å². The summed E-state index contributed by atoms with van der Waals surface area (Å²) in [6.45, 7) is 2.24. The fourth-order valence-corrected chi connectivity index (χ4v) is 0.400. The lowest BCUT2D eigenvalue weighted by molar-refractivity contribution is -0.114. The number of carbonyl (C=O) groups excluding carboxylic acids is 1. The molecule has 0 unspecified atom stereocenters. The zero-order valence-corrected chi connectivity index (χ0v) is 5.55. The van der Waals surface area contributed by atoms with Gasteiger partial charge in [0, 0.05) is 5.57 Å². The minimum absolute atomic E-state index is 0.372. The van der Waals surface area contributed by atoms with Gasteiger partial charge in [-0.2, -0.15) is 0 Å². The van der Waals surface area contributed by atoms with E-state index in [1.54, 1.807) is 13.0 Å². The Morgan fingerprint density at radius 3 is 2.56 bits per heavy atom. The smallest absolute Gasteiger partial charge is 0.244 e. The van der Waals surface area contributed by atoms with E-state index in [0.717, 1.165) is 6.42 Å². The second kappa shape index (κ2) is 4.09. The third-order valence-corrected chi connectivity index (χ3v) is 1.01. The highest BCUT2D eigenvalue weighted by Gasteiger charge is 1.93. The number of amides is 1. The van der Waals surface area contributed by atoms with Crippen LogP contribution in [0.1, 0.15) is 13.3 Å². The van der Waals surface area contributed by atoms with Crippen molar-refractivity contribution in [2.45, 2.75) is 13.3 Å². The van der Waals surface area contributed by atoms with Gasteiger partial charge in [0.05, 0.1) is 0 Å². The van der Waals surface area contributed by atoms with E-state index in [0.29, 0.717) is 12.1 Å². The Bertz CT molecular complexity index is 129. The molecule has 52 valence electrons. The van der Waals surface area contributed by atoms with E-state index in [2.05, 4.69) is 0 Å². The number of rotatable bonds is 3. The Balaban J connectivity index is 3.69. The third kappa shape index (κ3) is 3.73. The van der Waals surface area contributed by atoms with E-state index in [1.807, 2.05) is 0 Å². The highest BCUT2D eigenvalue weighted by molar-refractivity contribution is 5.91. The van der Waals surface area contributed by atoms with Gasteiger partial charge in [-0.3, -0.25) is 4.79 Å². The molecule has 0 saturated carbocycles. The Morgan fingerprint density at radius 2 is 2.22 bits per heavy atom. The number of carbonyl (C=O) groups is 1. The molecule has 0 aliphatic heterocycles. The minimum Gasteiger partial charge on any atom is -0.366 e. The van der Waals surface area contributed by atoms with Gasteiger partial charge in [-0.15, -0.1) is 0 Å². The lowest BCUT2D eigenvalue weighted by Gasteiger charge is -1.91. The number of hydrogen-bond acceptors (Lipinski definition) is 2. The lowest BCUT2D eigenvalue weighted by atomic mass is 10.2. The molecule has 0 bridgehead atoms. The van der Waals surface area contributed by atoms with Gasteiger partial charge >= 0.3 is 0 Å². The molecule has 3 nitrogen and oxygen atoms in total. The zero-order valence-electron chi connectivity index (χ0n) is 5.55. The average molecular weight is 128 g/mol. The fraction of sp³-hybridized carbons (Fsp3) is 0.500. The first-order valence-corrected chi connectivity index (χ1v) is 2.85. The maximum atomic E-state index is 10.3. The molecule has 0 radical (unpaired) electrons. The molecule has 0 aromatic heterocycles. The summed E-state index contributed by atoms with van der Waals surface area (Å²) < 4.78 is 0. The SMILES string of the molecule is CC(=CCCN)C(N)=O. The Labute approximate surface area is 54.7 Å². The van der Waals surface area contributed by atoms with Crippen molar-refractivity contribution in [2.24, 2.45) is 11.5 Å². The molecule has 0 saturated heterocycles. The van der Waals surface area contributed by atoms with Crippen molar-refractivity contribution in [3.8, 4) is 0 Å². The van der Waals surface area contributed by atoms with Gasteiger partial charge in [0.2, 0.25) is 5.91 Å². The van der Waals surface area contributed by atoms with Gasteiger partial charge in [-0.25, -0.2) is 0 Å². The second-order valence-corrected chi connectivity index (χ2v) is 1.83. The van der Waals surface area contributed by atoms with E-state index in [-0.39, 0.29) is 5.91 Å². The molecule has 0 spiro atoms. The highest BCUT2D eigenvalue weighted by atomic mass is 16.1. The summed E-state index contributed by atoms with van der Waals surface area (Å²) in [7, 11) is 0. The van der Waals surface area contributed by atoms with Crippen LogP contribution in [-0.4, -0.2) is 12.5 Å². The molecule has 0 aromatic rings. The van der Waals surface area contributed by atoms with Crippen LogP contribution in [-0.2, 0) is 4.79 Å². The minimum atomic E-state index is -0.372. The van der Waals surface area contributed by atoms with Crippen LogP contribution in [0.5, 0.6) is 0 Å². The first-order valence-electron chi connectivity index (χ1n) is 2.85. The molecule has 0 heterocycles. The lowest BCUT2D eigenvalue weighted by Crippen LogP contribution is -2.11. The molecule has 0 atom stereocenters. The number of hydrogen-bond donors (Lipinski definition) is 2. The average Bonchev–Trinajstić information content (AvgIpc) is 1.82. The monoisotopic (exact) mass is 128 g/mol. The number of primary amides is 1. The van der Waals surface area contributed by atoms with Crippen molar-refractivity contribution in [3.05, 3.63) is 11.6 Å². The third-order valence-electron chi connectivity index (χ3n) is 1.01. The van der Waals surface area contributed by atoms with E-state index in [4.69, 9.17) is 11.5 Å². The predicted octanol–water partition coefficient (Wildman–Crippen LogP) is -0.233. The Morgan fingerprint density at radius 1 is 1.67 bits per heavy atom. The molecule has 3 heteroatoms. The molecule has 0 fully saturated rings. The topological polar surface area (TPSA) is 69.1 Å². The predicted molar refractivity (Wildman–Crippen MR) is 36.6 cm³/mol. The van der Waals surface area contributed by atoms with Gasteiger partial charge in [0.15, 0.2) is 0 Å². The van der Waals surface area contributed by atoms with Gasteiger partial charge < -0.3 is 11.5 Å². The quantitative estimate of drug-likeness (QED) is 0.515. The normalized spacial score (nSPS) is 11.6. The summed E-state index contributed by atoms with van der Waals surface area (Å²) >= 11 is 0. The highest BCUT2D eigenvalue weighted by Crippen LogP contribution is 1.91. The molecule has 0 rings (SSSR count). The summed E-state index contributed by atoms with van der Waals surface area (Å²) in [5, 5.41) is 0. The van der Waals surface area contributed by atoms with Crippen LogP contribution < -0.4 is 11.5 Å². The van der Waals surface area contributed by atoms with Crippen LogP contribution in [0.25, 0.3) is 0 Å². The molecular weight excluding hydrogens is 116 g/mol. The van der Waals surface area contributed by atoms with Crippen molar-refractivity contribution in [1.29, 1.82) is 0 Å². The van der Waals surface area contributed by atoms with Crippen molar-refractivity contribution >= 4 is 5.91 Å². The molecule has 0 aromatic carbocycles. The summed E-state index contributed by atoms with van der Waals surface area (Å²) in [6.07, 6.45) is 2.46. The van der Waals surface area contributed by atoms with Crippen LogP contribution in [0.4, 0.5) is 0 Å². The maximum absolute atomic E-state index is 10.3. The van der Waals surface area contributed by atoms with Crippen molar-refractivity contribution in [3.63, 3.8) is 0 Å². The molecule has 4 N–H and O–H groups in total. The maximum Gasteiger partial charge on any atom is 0.244 e. The summed E-state index contributed by atoms with van der Waals surface area (Å²) in [5.74, 6) is -0.372.